The first-order valence-corrected chi connectivity index (χ1v) is 4.23. The Kier molecular flexibility index (Phi) is 3.27. The summed E-state index contributed by atoms with van der Waals surface area (Å²) in [5.74, 6) is -0.119. The molecule has 0 aromatic carbocycles. The Bertz CT molecular complexity index is 364. The fraction of sp³-hybridized carbons (Fsp3) is 0.286. The van der Waals surface area contributed by atoms with Crippen molar-refractivity contribution in [2.24, 2.45) is 0 Å². The van der Waals surface area contributed by atoms with Gasteiger partial charge in [-0.2, -0.15) is 0 Å². The molecule has 72 valence electrons. The number of pyridine rings is 1. The molecule has 0 aliphatic rings. The Morgan fingerprint density at radius 2 is 2.15 bits per heavy atom. The highest BCUT2D eigenvalue weighted by atomic mass is 35.5. The van der Waals surface area contributed by atoms with Crippen LogP contribution in [0, 0.1) is 0 Å². The molecule has 0 fully saturated rings. The summed E-state index contributed by atoms with van der Waals surface area (Å²) in [4.78, 5) is 13.5. The van der Waals surface area contributed by atoms with Gasteiger partial charge in [0.15, 0.2) is 5.43 Å². The standard InChI is InChI=1S/C7H5Cl2F2NO/c8-1-3-2-12-6(9)4(5(3)13)7(10)11/h2,7H,1H2,(H,12,13). The van der Waals surface area contributed by atoms with E-state index >= 15 is 0 Å². The third-order valence-corrected chi connectivity index (χ3v) is 2.11. The summed E-state index contributed by atoms with van der Waals surface area (Å²) >= 11 is 10.7. The zero-order valence-corrected chi connectivity index (χ0v) is 7.79. The van der Waals surface area contributed by atoms with Gasteiger partial charge in [0.2, 0.25) is 0 Å². The van der Waals surface area contributed by atoms with E-state index in [9.17, 15) is 13.6 Å². The monoisotopic (exact) mass is 227 g/mol. The van der Waals surface area contributed by atoms with Crippen molar-refractivity contribution in [3.8, 4) is 0 Å². The molecule has 0 atom stereocenters. The predicted octanol–water partition coefficient (Wildman–Crippen LogP) is 2.70. The molecule has 1 N–H and O–H groups in total. The minimum absolute atomic E-state index is 0.0846. The summed E-state index contributed by atoms with van der Waals surface area (Å²) < 4.78 is 24.5. The number of H-pyrrole nitrogens is 1. The Balaban J connectivity index is 3.39. The Labute approximate surface area is 82.5 Å². The lowest BCUT2D eigenvalue weighted by Crippen LogP contribution is -2.15. The van der Waals surface area contributed by atoms with Crippen molar-refractivity contribution in [3.63, 3.8) is 0 Å². The summed E-state index contributed by atoms with van der Waals surface area (Å²) in [5, 5.41) is -0.339. The number of aromatic amines is 1. The maximum atomic E-state index is 12.3. The van der Waals surface area contributed by atoms with Crippen LogP contribution in [0.25, 0.3) is 0 Å². The number of aromatic nitrogens is 1. The van der Waals surface area contributed by atoms with Crippen LogP contribution >= 0.6 is 23.2 Å². The van der Waals surface area contributed by atoms with Gasteiger partial charge in [0, 0.05) is 11.8 Å². The third-order valence-electron chi connectivity index (χ3n) is 1.51. The Morgan fingerprint density at radius 1 is 1.54 bits per heavy atom. The predicted molar refractivity (Wildman–Crippen MR) is 46.6 cm³/mol. The van der Waals surface area contributed by atoms with Crippen LogP contribution in [0.3, 0.4) is 0 Å². The van der Waals surface area contributed by atoms with E-state index in [0.717, 1.165) is 0 Å². The summed E-state index contributed by atoms with van der Waals surface area (Å²) in [6.45, 7) is 0. The lowest BCUT2D eigenvalue weighted by Gasteiger charge is -2.03. The maximum Gasteiger partial charge on any atom is 0.270 e. The normalized spacial score (nSPS) is 10.8. The molecule has 0 aliphatic heterocycles. The van der Waals surface area contributed by atoms with Crippen LogP contribution in [-0.4, -0.2) is 4.98 Å². The lowest BCUT2D eigenvalue weighted by molar-refractivity contribution is 0.150. The number of nitrogens with one attached hydrogen (secondary N) is 1. The molecule has 1 heterocycles. The molecule has 0 spiro atoms. The van der Waals surface area contributed by atoms with E-state index < -0.39 is 17.4 Å². The zero-order chi connectivity index (χ0) is 10.0. The van der Waals surface area contributed by atoms with Gasteiger partial charge in [-0.1, -0.05) is 11.6 Å². The minimum atomic E-state index is -2.89. The van der Waals surface area contributed by atoms with Gasteiger partial charge >= 0.3 is 0 Å². The average molecular weight is 228 g/mol. The highest BCUT2D eigenvalue weighted by Crippen LogP contribution is 2.22. The second kappa shape index (κ2) is 4.07. The molecule has 2 nitrogen and oxygen atoms in total. The molecule has 0 unspecified atom stereocenters. The summed E-state index contributed by atoms with van der Waals surface area (Å²) in [5.41, 5.74) is -1.44. The topological polar surface area (TPSA) is 32.9 Å². The quantitative estimate of drug-likeness (QED) is 0.612. The molecule has 0 aliphatic carbocycles. The number of hydrogen-bond acceptors (Lipinski definition) is 1. The van der Waals surface area contributed by atoms with Crippen LogP contribution < -0.4 is 5.43 Å². The maximum absolute atomic E-state index is 12.3. The first-order valence-electron chi connectivity index (χ1n) is 3.32. The van der Waals surface area contributed by atoms with E-state index in [2.05, 4.69) is 4.98 Å². The summed E-state index contributed by atoms with van der Waals surface area (Å²) in [6, 6.07) is 0. The fourth-order valence-electron chi connectivity index (χ4n) is 0.861. The van der Waals surface area contributed by atoms with E-state index in [1.54, 1.807) is 0 Å². The van der Waals surface area contributed by atoms with Gasteiger partial charge in [-0.15, -0.1) is 11.6 Å². The number of halogens is 4. The molecule has 0 saturated carbocycles. The molecule has 0 radical (unpaired) electrons. The SMILES string of the molecule is O=c1c(CCl)c[nH]c(Cl)c1C(F)F. The highest BCUT2D eigenvalue weighted by molar-refractivity contribution is 6.30. The second-order valence-electron chi connectivity index (χ2n) is 2.31. The lowest BCUT2D eigenvalue weighted by atomic mass is 10.2. The molecular weight excluding hydrogens is 223 g/mol. The van der Waals surface area contributed by atoms with Crippen LogP contribution in [0.2, 0.25) is 5.15 Å². The second-order valence-corrected chi connectivity index (χ2v) is 2.95. The van der Waals surface area contributed by atoms with E-state index in [0.29, 0.717) is 0 Å². The van der Waals surface area contributed by atoms with Gasteiger partial charge in [-0.05, 0) is 0 Å². The molecular formula is C7H5Cl2F2NO. The van der Waals surface area contributed by atoms with Crippen LogP contribution in [0.4, 0.5) is 8.78 Å². The van der Waals surface area contributed by atoms with Gasteiger partial charge in [0.25, 0.3) is 6.43 Å². The van der Waals surface area contributed by atoms with Gasteiger partial charge in [-0.3, -0.25) is 4.79 Å². The molecule has 0 saturated heterocycles. The van der Waals surface area contributed by atoms with Crippen molar-refractivity contribution in [2.45, 2.75) is 12.3 Å². The molecule has 1 aromatic rings. The van der Waals surface area contributed by atoms with Crippen molar-refractivity contribution >= 4 is 23.2 Å². The van der Waals surface area contributed by atoms with Gasteiger partial charge in [-0.25, -0.2) is 8.78 Å². The van der Waals surface area contributed by atoms with E-state index in [1.807, 2.05) is 0 Å². The van der Waals surface area contributed by atoms with E-state index in [1.165, 1.54) is 6.20 Å². The number of rotatable bonds is 2. The van der Waals surface area contributed by atoms with Crippen molar-refractivity contribution in [2.75, 3.05) is 0 Å². The molecule has 0 bridgehead atoms. The first kappa shape index (κ1) is 10.5. The van der Waals surface area contributed by atoms with Crippen LogP contribution in [0.5, 0.6) is 0 Å². The van der Waals surface area contributed by atoms with Crippen molar-refractivity contribution < 1.29 is 8.78 Å². The molecule has 0 amide bonds. The molecule has 13 heavy (non-hydrogen) atoms. The van der Waals surface area contributed by atoms with Crippen molar-refractivity contribution in [1.82, 2.24) is 4.98 Å². The smallest absolute Gasteiger partial charge is 0.270 e. The van der Waals surface area contributed by atoms with Gasteiger partial charge in [0.05, 0.1) is 5.88 Å². The van der Waals surface area contributed by atoms with Gasteiger partial charge in [0.1, 0.15) is 10.7 Å². The highest BCUT2D eigenvalue weighted by Gasteiger charge is 2.18. The largest absolute Gasteiger partial charge is 0.351 e. The molecule has 1 rings (SSSR count). The first-order chi connectivity index (χ1) is 6.07. The Morgan fingerprint density at radius 3 is 2.62 bits per heavy atom. The average Bonchev–Trinajstić information content (AvgIpc) is 2.04. The Hall–Kier alpha value is -0.610. The summed E-state index contributed by atoms with van der Waals surface area (Å²) in [7, 11) is 0. The fourth-order valence-corrected chi connectivity index (χ4v) is 1.28. The van der Waals surface area contributed by atoms with Gasteiger partial charge < -0.3 is 4.98 Å². The van der Waals surface area contributed by atoms with Crippen molar-refractivity contribution in [3.05, 3.63) is 32.7 Å². The third kappa shape index (κ3) is 2.00. The zero-order valence-electron chi connectivity index (χ0n) is 6.28. The number of hydrogen-bond donors (Lipinski definition) is 1. The number of alkyl halides is 3. The van der Waals surface area contributed by atoms with E-state index in [4.69, 9.17) is 23.2 Å². The van der Waals surface area contributed by atoms with Crippen LogP contribution in [0.15, 0.2) is 11.0 Å². The van der Waals surface area contributed by atoms with Crippen LogP contribution in [0.1, 0.15) is 17.6 Å². The summed E-state index contributed by atoms with van der Waals surface area (Å²) in [6.07, 6.45) is -1.66. The molecule has 6 heteroatoms. The van der Waals surface area contributed by atoms with E-state index in [-0.39, 0.29) is 16.6 Å². The van der Waals surface area contributed by atoms with Crippen LogP contribution in [-0.2, 0) is 5.88 Å². The van der Waals surface area contributed by atoms with Crippen molar-refractivity contribution in [1.29, 1.82) is 0 Å². The molecule has 1 aromatic heterocycles. The minimum Gasteiger partial charge on any atom is -0.351 e.